The van der Waals surface area contributed by atoms with Crippen LogP contribution >= 0.6 is 15.9 Å². The normalized spacial score (nSPS) is 15.5. The molecule has 3 nitrogen and oxygen atoms in total. The average molecular weight is 346 g/mol. The molecule has 0 spiro atoms. The summed E-state index contributed by atoms with van der Waals surface area (Å²) >= 11 is 3.42. The van der Waals surface area contributed by atoms with E-state index in [1.807, 2.05) is 42.5 Å². The zero-order chi connectivity index (χ0) is 14.9. The number of aliphatic hydroxyl groups is 1. The molecular weight excluding hydrogens is 330 g/mol. The van der Waals surface area contributed by atoms with Crippen molar-refractivity contribution in [3.8, 4) is 0 Å². The quantitative estimate of drug-likeness (QED) is 0.889. The molecule has 1 aliphatic rings. The van der Waals surface area contributed by atoms with Gasteiger partial charge >= 0.3 is 0 Å². The fourth-order valence-electron chi connectivity index (χ4n) is 2.54. The highest BCUT2D eigenvalue weighted by atomic mass is 79.9. The molecule has 1 aliphatic carbocycles. The van der Waals surface area contributed by atoms with Gasteiger partial charge in [-0.15, -0.1) is 0 Å². The van der Waals surface area contributed by atoms with Crippen LogP contribution in [-0.4, -0.2) is 11.0 Å². The van der Waals surface area contributed by atoms with Crippen molar-refractivity contribution in [2.45, 2.75) is 24.9 Å². The van der Waals surface area contributed by atoms with Crippen LogP contribution < -0.4 is 5.32 Å². The predicted molar refractivity (Wildman–Crippen MR) is 86.0 cm³/mol. The number of carbonyl (C=O) groups excluding carboxylic acids is 1. The molecule has 0 heterocycles. The summed E-state index contributed by atoms with van der Waals surface area (Å²) in [4.78, 5) is 12.6. The standard InChI is InChI=1S/C17H16BrNO2/c18-14-6-4-13(5-7-14)17(8-9-17)16(21)19-15-3-1-2-12(10-15)11-20/h1-7,10,20H,8-9,11H2,(H,19,21). The molecule has 0 saturated heterocycles. The Bertz CT molecular complexity index is 663. The maximum atomic E-state index is 12.6. The summed E-state index contributed by atoms with van der Waals surface area (Å²) in [5.41, 5.74) is 2.19. The predicted octanol–water partition coefficient (Wildman–Crippen LogP) is 3.61. The van der Waals surface area contributed by atoms with Crippen molar-refractivity contribution in [3.05, 3.63) is 64.1 Å². The second kappa shape index (κ2) is 5.62. The van der Waals surface area contributed by atoms with Gasteiger partial charge in [-0.3, -0.25) is 4.79 Å². The smallest absolute Gasteiger partial charge is 0.235 e. The number of anilines is 1. The summed E-state index contributed by atoms with van der Waals surface area (Å²) < 4.78 is 1.01. The van der Waals surface area contributed by atoms with E-state index in [1.165, 1.54) is 0 Å². The van der Waals surface area contributed by atoms with Crippen LogP contribution in [0.2, 0.25) is 0 Å². The molecule has 1 fully saturated rings. The number of halogens is 1. The molecule has 1 amide bonds. The average Bonchev–Trinajstić information content (AvgIpc) is 3.30. The third kappa shape index (κ3) is 2.87. The van der Waals surface area contributed by atoms with E-state index in [9.17, 15) is 4.79 Å². The second-order valence-electron chi connectivity index (χ2n) is 5.40. The van der Waals surface area contributed by atoms with Gasteiger partial charge in [0, 0.05) is 10.2 Å². The SMILES string of the molecule is O=C(Nc1cccc(CO)c1)C1(c2ccc(Br)cc2)CC1. The van der Waals surface area contributed by atoms with Crippen molar-refractivity contribution in [2.24, 2.45) is 0 Å². The molecular formula is C17H16BrNO2. The van der Waals surface area contributed by atoms with E-state index in [-0.39, 0.29) is 12.5 Å². The third-order valence-electron chi connectivity index (χ3n) is 3.95. The number of hydrogen-bond acceptors (Lipinski definition) is 2. The molecule has 0 bridgehead atoms. The van der Waals surface area contributed by atoms with Crippen molar-refractivity contribution < 1.29 is 9.90 Å². The molecule has 21 heavy (non-hydrogen) atoms. The lowest BCUT2D eigenvalue weighted by Crippen LogP contribution is -2.27. The molecule has 108 valence electrons. The number of amides is 1. The van der Waals surface area contributed by atoms with E-state index in [0.717, 1.165) is 34.1 Å². The van der Waals surface area contributed by atoms with Crippen LogP contribution in [-0.2, 0) is 16.8 Å². The Morgan fingerprint density at radius 2 is 1.90 bits per heavy atom. The largest absolute Gasteiger partial charge is 0.392 e. The van der Waals surface area contributed by atoms with Gasteiger partial charge in [-0.1, -0.05) is 40.2 Å². The Kier molecular flexibility index (Phi) is 3.83. The first kappa shape index (κ1) is 14.3. The summed E-state index contributed by atoms with van der Waals surface area (Å²) in [6, 6.07) is 15.2. The van der Waals surface area contributed by atoms with Crippen molar-refractivity contribution in [1.29, 1.82) is 0 Å². The van der Waals surface area contributed by atoms with Crippen LogP contribution in [0.25, 0.3) is 0 Å². The van der Waals surface area contributed by atoms with Crippen molar-refractivity contribution in [1.82, 2.24) is 0 Å². The van der Waals surface area contributed by atoms with E-state index in [0.29, 0.717) is 0 Å². The van der Waals surface area contributed by atoms with Gasteiger partial charge in [0.15, 0.2) is 0 Å². The first-order valence-corrected chi connectivity index (χ1v) is 7.71. The zero-order valence-electron chi connectivity index (χ0n) is 11.5. The molecule has 0 atom stereocenters. The zero-order valence-corrected chi connectivity index (χ0v) is 13.1. The molecule has 0 unspecified atom stereocenters. The van der Waals surface area contributed by atoms with Gasteiger partial charge in [-0.25, -0.2) is 0 Å². The minimum atomic E-state index is -0.393. The molecule has 3 rings (SSSR count). The first-order valence-electron chi connectivity index (χ1n) is 6.91. The number of nitrogens with one attached hydrogen (secondary N) is 1. The van der Waals surface area contributed by atoms with E-state index in [2.05, 4.69) is 21.2 Å². The molecule has 0 aromatic heterocycles. The summed E-state index contributed by atoms with van der Waals surface area (Å²) in [5, 5.41) is 12.1. The van der Waals surface area contributed by atoms with E-state index >= 15 is 0 Å². The fraction of sp³-hybridized carbons (Fsp3) is 0.235. The van der Waals surface area contributed by atoms with Gasteiger partial charge in [0.2, 0.25) is 5.91 Å². The number of hydrogen-bond donors (Lipinski definition) is 2. The monoisotopic (exact) mass is 345 g/mol. The molecule has 2 aromatic rings. The van der Waals surface area contributed by atoms with Crippen molar-refractivity contribution in [3.63, 3.8) is 0 Å². The number of aliphatic hydroxyl groups excluding tert-OH is 1. The van der Waals surface area contributed by atoms with Crippen LogP contribution in [0.1, 0.15) is 24.0 Å². The van der Waals surface area contributed by atoms with Gasteiger partial charge < -0.3 is 10.4 Å². The third-order valence-corrected chi connectivity index (χ3v) is 4.48. The van der Waals surface area contributed by atoms with Crippen molar-refractivity contribution >= 4 is 27.5 Å². The topological polar surface area (TPSA) is 49.3 Å². The number of carbonyl (C=O) groups is 1. The summed E-state index contributed by atoms with van der Waals surface area (Å²) in [6.45, 7) is -0.0262. The van der Waals surface area contributed by atoms with Crippen molar-refractivity contribution in [2.75, 3.05) is 5.32 Å². The lowest BCUT2D eigenvalue weighted by atomic mass is 9.95. The van der Waals surface area contributed by atoms with E-state index in [1.54, 1.807) is 6.07 Å². The van der Waals surface area contributed by atoms with E-state index < -0.39 is 5.41 Å². The lowest BCUT2D eigenvalue weighted by Gasteiger charge is -2.16. The molecule has 2 N–H and O–H groups in total. The molecule has 1 saturated carbocycles. The van der Waals surface area contributed by atoms with Crippen LogP contribution in [0.3, 0.4) is 0 Å². The van der Waals surface area contributed by atoms with Gasteiger partial charge in [0.25, 0.3) is 0 Å². The Labute approximate surface area is 132 Å². The minimum absolute atomic E-state index is 0.0262. The number of rotatable bonds is 4. The Morgan fingerprint density at radius 3 is 2.52 bits per heavy atom. The molecule has 0 aliphatic heterocycles. The summed E-state index contributed by atoms with van der Waals surface area (Å²) in [7, 11) is 0. The van der Waals surface area contributed by atoms with Crippen LogP contribution in [0.15, 0.2) is 53.0 Å². The first-order chi connectivity index (χ1) is 10.1. The molecule has 0 radical (unpaired) electrons. The van der Waals surface area contributed by atoms with Gasteiger partial charge in [0.05, 0.1) is 12.0 Å². The summed E-state index contributed by atoms with van der Waals surface area (Å²) in [6.07, 6.45) is 1.75. The maximum absolute atomic E-state index is 12.6. The van der Waals surface area contributed by atoms with Gasteiger partial charge in [-0.05, 0) is 48.2 Å². The fourth-order valence-corrected chi connectivity index (χ4v) is 2.80. The van der Waals surface area contributed by atoms with E-state index in [4.69, 9.17) is 5.11 Å². The van der Waals surface area contributed by atoms with Crippen LogP contribution in [0.4, 0.5) is 5.69 Å². The van der Waals surface area contributed by atoms with Gasteiger partial charge in [0.1, 0.15) is 0 Å². The number of benzene rings is 2. The second-order valence-corrected chi connectivity index (χ2v) is 6.32. The van der Waals surface area contributed by atoms with Gasteiger partial charge in [-0.2, -0.15) is 0 Å². The van der Waals surface area contributed by atoms with Crippen LogP contribution in [0, 0.1) is 0 Å². The highest BCUT2D eigenvalue weighted by molar-refractivity contribution is 9.10. The molecule has 2 aromatic carbocycles. The Hall–Kier alpha value is -1.65. The molecule has 4 heteroatoms. The maximum Gasteiger partial charge on any atom is 0.235 e. The Morgan fingerprint density at radius 1 is 1.19 bits per heavy atom. The minimum Gasteiger partial charge on any atom is -0.392 e. The van der Waals surface area contributed by atoms with Crippen LogP contribution in [0.5, 0.6) is 0 Å². The highest BCUT2D eigenvalue weighted by Crippen LogP contribution is 2.49. The lowest BCUT2D eigenvalue weighted by molar-refractivity contribution is -0.118. The highest BCUT2D eigenvalue weighted by Gasteiger charge is 2.51. The Balaban J connectivity index is 1.80. The summed E-state index contributed by atoms with van der Waals surface area (Å²) in [5.74, 6) is 0.0277.